The van der Waals surface area contributed by atoms with Crippen LogP contribution in [0.5, 0.6) is 0 Å². The molecule has 2 aromatic rings. The van der Waals surface area contributed by atoms with Crippen molar-refractivity contribution in [3.63, 3.8) is 0 Å². The molecule has 2 aliphatic rings. The third-order valence-corrected chi connectivity index (χ3v) is 6.43. The van der Waals surface area contributed by atoms with E-state index in [0.717, 1.165) is 52.4 Å². The number of benzene rings is 1. The van der Waals surface area contributed by atoms with Gasteiger partial charge in [0, 0.05) is 31.7 Å². The molecule has 3 heterocycles. The van der Waals surface area contributed by atoms with Crippen LogP contribution in [0.1, 0.15) is 37.0 Å². The van der Waals surface area contributed by atoms with Crippen molar-refractivity contribution in [2.24, 2.45) is 0 Å². The number of aromatic nitrogens is 1. The van der Waals surface area contributed by atoms with Crippen LogP contribution in [-0.2, 0) is 9.53 Å². The van der Waals surface area contributed by atoms with E-state index < -0.39 is 0 Å². The van der Waals surface area contributed by atoms with Crippen molar-refractivity contribution >= 4 is 29.0 Å². The first-order chi connectivity index (χ1) is 16.1. The van der Waals surface area contributed by atoms with Crippen molar-refractivity contribution in [3.05, 3.63) is 48.2 Å². The van der Waals surface area contributed by atoms with E-state index in [4.69, 9.17) is 4.74 Å². The maximum Gasteiger partial charge on any atom is 0.259 e. The van der Waals surface area contributed by atoms with E-state index in [1.807, 2.05) is 24.3 Å². The molecule has 2 aliphatic heterocycles. The number of carbonyl (C=O) groups excluding carboxylic acids is 2. The summed E-state index contributed by atoms with van der Waals surface area (Å²) in [6, 6.07) is 11.1. The van der Waals surface area contributed by atoms with E-state index in [1.165, 1.54) is 0 Å². The standard InChI is InChI=1S/C25H33N5O3/c1-3-28(4-2)17-19-18-33-16-15-29(19)14-8-12-23(31)30-22-11-6-5-10-21(22)27-25(32)20-9-7-13-26-24(20)30/h5-7,9-11,13,19H,3-4,8,12,14-18H2,1-2H3,(H,27,32). The number of para-hydroxylation sites is 2. The van der Waals surface area contributed by atoms with Gasteiger partial charge in [-0.1, -0.05) is 26.0 Å². The molecule has 176 valence electrons. The maximum atomic E-state index is 13.5. The van der Waals surface area contributed by atoms with E-state index in [2.05, 4.69) is 33.9 Å². The number of ether oxygens (including phenoxy) is 1. The average molecular weight is 452 g/mol. The summed E-state index contributed by atoms with van der Waals surface area (Å²) in [6.07, 6.45) is 2.72. The Kier molecular flexibility index (Phi) is 7.69. The topological polar surface area (TPSA) is 78.0 Å². The number of likely N-dealkylation sites (N-methyl/N-ethyl adjacent to an activating group) is 1. The predicted octanol–water partition coefficient (Wildman–Crippen LogP) is 3.13. The number of pyridine rings is 1. The van der Waals surface area contributed by atoms with Crippen molar-refractivity contribution in [1.29, 1.82) is 0 Å². The monoisotopic (exact) mass is 451 g/mol. The number of carbonyl (C=O) groups is 2. The Bertz CT molecular complexity index is 978. The van der Waals surface area contributed by atoms with Gasteiger partial charge in [-0.25, -0.2) is 4.98 Å². The summed E-state index contributed by atoms with van der Waals surface area (Å²) in [6.45, 7) is 10.6. The molecule has 1 saturated heterocycles. The Morgan fingerprint density at radius 1 is 1.21 bits per heavy atom. The van der Waals surface area contributed by atoms with Crippen LogP contribution < -0.4 is 10.2 Å². The molecule has 0 radical (unpaired) electrons. The first kappa shape index (κ1) is 23.4. The number of amides is 2. The predicted molar refractivity (Wildman–Crippen MR) is 129 cm³/mol. The summed E-state index contributed by atoms with van der Waals surface area (Å²) < 4.78 is 5.74. The Hall–Kier alpha value is -2.81. The van der Waals surface area contributed by atoms with Gasteiger partial charge >= 0.3 is 0 Å². The van der Waals surface area contributed by atoms with Crippen LogP contribution >= 0.6 is 0 Å². The van der Waals surface area contributed by atoms with Crippen LogP contribution in [0.3, 0.4) is 0 Å². The van der Waals surface area contributed by atoms with E-state index >= 15 is 0 Å². The lowest BCUT2D eigenvalue weighted by molar-refractivity contribution is -0.118. The molecule has 8 nitrogen and oxygen atoms in total. The lowest BCUT2D eigenvalue weighted by Crippen LogP contribution is -2.51. The van der Waals surface area contributed by atoms with Gasteiger partial charge in [-0.05, 0) is 50.3 Å². The fourth-order valence-corrected chi connectivity index (χ4v) is 4.56. The molecule has 1 N–H and O–H groups in total. The van der Waals surface area contributed by atoms with E-state index in [1.54, 1.807) is 23.2 Å². The number of rotatable bonds is 8. The summed E-state index contributed by atoms with van der Waals surface area (Å²) in [7, 11) is 0. The van der Waals surface area contributed by atoms with Crippen LogP contribution in [0.15, 0.2) is 42.6 Å². The molecular formula is C25H33N5O3. The van der Waals surface area contributed by atoms with Crippen LogP contribution in [0, 0.1) is 0 Å². The zero-order valence-corrected chi connectivity index (χ0v) is 19.5. The second-order valence-corrected chi connectivity index (χ2v) is 8.43. The number of nitrogens with one attached hydrogen (secondary N) is 1. The normalized spacial score (nSPS) is 18.5. The van der Waals surface area contributed by atoms with Crippen molar-refractivity contribution in [2.45, 2.75) is 32.7 Å². The zero-order valence-electron chi connectivity index (χ0n) is 19.5. The molecule has 1 aromatic heterocycles. The van der Waals surface area contributed by atoms with Gasteiger partial charge in [0.05, 0.1) is 30.2 Å². The van der Waals surface area contributed by atoms with Gasteiger partial charge in [-0.3, -0.25) is 19.4 Å². The molecule has 0 spiro atoms. The van der Waals surface area contributed by atoms with Crippen molar-refractivity contribution < 1.29 is 14.3 Å². The number of fused-ring (bicyclic) bond motifs is 2. The number of morpholine rings is 1. The molecule has 1 aromatic carbocycles. The molecule has 0 saturated carbocycles. The van der Waals surface area contributed by atoms with Crippen molar-refractivity contribution in [1.82, 2.24) is 14.8 Å². The zero-order chi connectivity index (χ0) is 23.2. The lowest BCUT2D eigenvalue weighted by Gasteiger charge is -2.38. The highest BCUT2D eigenvalue weighted by molar-refractivity contribution is 6.16. The van der Waals surface area contributed by atoms with Gasteiger partial charge in [0.15, 0.2) is 5.82 Å². The molecule has 1 atom stereocenters. The van der Waals surface area contributed by atoms with E-state index in [0.29, 0.717) is 35.2 Å². The third kappa shape index (κ3) is 5.24. The van der Waals surface area contributed by atoms with Crippen LogP contribution in [0.2, 0.25) is 0 Å². The minimum absolute atomic E-state index is 0.0625. The Labute approximate surface area is 195 Å². The highest BCUT2D eigenvalue weighted by Gasteiger charge is 2.30. The van der Waals surface area contributed by atoms with E-state index in [-0.39, 0.29) is 11.8 Å². The maximum absolute atomic E-state index is 13.5. The van der Waals surface area contributed by atoms with Gasteiger partial charge in [0.25, 0.3) is 5.91 Å². The summed E-state index contributed by atoms with van der Waals surface area (Å²) in [5, 5.41) is 2.91. The Morgan fingerprint density at radius 2 is 2.03 bits per heavy atom. The van der Waals surface area contributed by atoms with Gasteiger partial charge in [-0.15, -0.1) is 0 Å². The summed E-state index contributed by atoms with van der Waals surface area (Å²) in [5.74, 6) is 0.0663. The van der Waals surface area contributed by atoms with Crippen LogP contribution in [0.25, 0.3) is 0 Å². The van der Waals surface area contributed by atoms with Crippen LogP contribution in [-0.4, -0.2) is 78.6 Å². The number of hydrogen-bond acceptors (Lipinski definition) is 6. The highest BCUT2D eigenvalue weighted by atomic mass is 16.5. The number of anilines is 3. The summed E-state index contributed by atoms with van der Waals surface area (Å²) in [4.78, 5) is 37.1. The SMILES string of the molecule is CCN(CC)CC1COCCN1CCCC(=O)N1c2ccccc2NC(=O)c2cccnc21. The summed E-state index contributed by atoms with van der Waals surface area (Å²) >= 11 is 0. The molecule has 1 unspecified atom stereocenters. The van der Waals surface area contributed by atoms with Crippen molar-refractivity contribution in [2.75, 3.05) is 56.2 Å². The van der Waals surface area contributed by atoms with Gasteiger partial charge in [0.1, 0.15) is 0 Å². The molecule has 0 bridgehead atoms. The molecule has 33 heavy (non-hydrogen) atoms. The largest absolute Gasteiger partial charge is 0.378 e. The fraction of sp³-hybridized carbons (Fsp3) is 0.480. The van der Waals surface area contributed by atoms with Gasteiger partial charge < -0.3 is 15.0 Å². The highest BCUT2D eigenvalue weighted by Crippen LogP contribution is 2.36. The smallest absolute Gasteiger partial charge is 0.259 e. The molecule has 8 heteroatoms. The Morgan fingerprint density at radius 3 is 2.85 bits per heavy atom. The first-order valence-electron chi connectivity index (χ1n) is 11.8. The quantitative estimate of drug-likeness (QED) is 0.664. The summed E-state index contributed by atoms with van der Waals surface area (Å²) in [5.41, 5.74) is 1.66. The minimum atomic E-state index is -0.256. The number of nitrogens with zero attached hydrogens (tertiary/aromatic N) is 4. The first-order valence-corrected chi connectivity index (χ1v) is 11.8. The molecular weight excluding hydrogens is 418 g/mol. The number of hydrogen-bond donors (Lipinski definition) is 1. The van der Waals surface area contributed by atoms with Gasteiger partial charge in [-0.2, -0.15) is 0 Å². The molecule has 0 aliphatic carbocycles. The second kappa shape index (κ2) is 10.9. The Balaban J connectivity index is 1.47. The fourth-order valence-electron chi connectivity index (χ4n) is 4.56. The average Bonchev–Trinajstić information content (AvgIpc) is 2.97. The second-order valence-electron chi connectivity index (χ2n) is 8.43. The molecule has 2 amide bonds. The minimum Gasteiger partial charge on any atom is -0.378 e. The third-order valence-electron chi connectivity index (χ3n) is 6.43. The van der Waals surface area contributed by atoms with Gasteiger partial charge in [0.2, 0.25) is 5.91 Å². The van der Waals surface area contributed by atoms with Crippen molar-refractivity contribution in [3.8, 4) is 0 Å². The van der Waals surface area contributed by atoms with Crippen LogP contribution in [0.4, 0.5) is 17.2 Å². The van der Waals surface area contributed by atoms with E-state index in [9.17, 15) is 9.59 Å². The molecule has 4 rings (SSSR count). The molecule has 1 fully saturated rings. The lowest BCUT2D eigenvalue weighted by atomic mass is 10.1.